The van der Waals surface area contributed by atoms with Gasteiger partial charge in [-0.05, 0) is 64.3 Å². The van der Waals surface area contributed by atoms with Crippen molar-refractivity contribution in [2.75, 3.05) is 7.05 Å². The lowest BCUT2D eigenvalue weighted by molar-refractivity contribution is 0.176. The number of benzene rings is 1. The van der Waals surface area contributed by atoms with E-state index in [1.165, 1.54) is 18.4 Å². The average Bonchev–Trinajstić information content (AvgIpc) is 2.39. The molecule has 0 spiro atoms. The quantitative estimate of drug-likeness (QED) is 0.897. The SMILES string of the molecule is CC(C)Oc1cccc(CN(C)C2CCC(N)CC2)c1. The van der Waals surface area contributed by atoms with Crippen LogP contribution in [0.1, 0.15) is 45.1 Å². The van der Waals surface area contributed by atoms with Crippen molar-refractivity contribution < 1.29 is 4.74 Å². The lowest BCUT2D eigenvalue weighted by atomic mass is 9.91. The second kappa shape index (κ2) is 7.09. The first-order chi connectivity index (χ1) is 9.54. The number of hydrogen-bond acceptors (Lipinski definition) is 3. The Hall–Kier alpha value is -1.06. The van der Waals surface area contributed by atoms with Crippen molar-refractivity contribution >= 4 is 0 Å². The molecule has 1 aliphatic carbocycles. The third kappa shape index (κ3) is 4.50. The fourth-order valence-electron chi connectivity index (χ4n) is 2.95. The molecular weight excluding hydrogens is 248 g/mol. The lowest BCUT2D eigenvalue weighted by Crippen LogP contribution is -2.38. The summed E-state index contributed by atoms with van der Waals surface area (Å²) in [5, 5.41) is 0. The Kier molecular flexibility index (Phi) is 5.44. The third-order valence-corrected chi connectivity index (χ3v) is 4.07. The molecule has 0 aliphatic heterocycles. The van der Waals surface area contributed by atoms with E-state index in [9.17, 15) is 0 Å². The van der Waals surface area contributed by atoms with Gasteiger partial charge in [-0.25, -0.2) is 0 Å². The first-order valence-corrected chi connectivity index (χ1v) is 7.76. The molecule has 0 radical (unpaired) electrons. The molecule has 0 bridgehead atoms. The molecule has 0 aromatic heterocycles. The highest BCUT2D eigenvalue weighted by Gasteiger charge is 2.21. The second-order valence-electron chi connectivity index (χ2n) is 6.30. The number of hydrogen-bond donors (Lipinski definition) is 1. The van der Waals surface area contributed by atoms with Gasteiger partial charge >= 0.3 is 0 Å². The van der Waals surface area contributed by atoms with E-state index in [1.807, 2.05) is 6.07 Å². The molecule has 1 aromatic carbocycles. The van der Waals surface area contributed by atoms with Crippen molar-refractivity contribution in [1.29, 1.82) is 0 Å². The molecule has 0 amide bonds. The van der Waals surface area contributed by atoms with Crippen LogP contribution in [0, 0.1) is 0 Å². The van der Waals surface area contributed by atoms with E-state index in [0.717, 1.165) is 25.1 Å². The number of rotatable bonds is 5. The van der Waals surface area contributed by atoms with Crippen LogP contribution in [0.25, 0.3) is 0 Å². The summed E-state index contributed by atoms with van der Waals surface area (Å²) >= 11 is 0. The van der Waals surface area contributed by atoms with Gasteiger partial charge in [0.15, 0.2) is 0 Å². The zero-order chi connectivity index (χ0) is 14.5. The van der Waals surface area contributed by atoms with Gasteiger partial charge in [-0.3, -0.25) is 4.90 Å². The molecule has 0 heterocycles. The minimum atomic E-state index is 0.225. The zero-order valence-electron chi connectivity index (χ0n) is 13.0. The predicted molar refractivity (Wildman–Crippen MR) is 83.9 cm³/mol. The molecule has 20 heavy (non-hydrogen) atoms. The molecule has 112 valence electrons. The van der Waals surface area contributed by atoms with Crippen LogP contribution < -0.4 is 10.5 Å². The average molecular weight is 276 g/mol. The smallest absolute Gasteiger partial charge is 0.120 e. The van der Waals surface area contributed by atoms with Gasteiger partial charge in [0.05, 0.1) is 6.10 Å². The second-order valence-corrected chi connectivity index (χ2v) is 6.30. The third-order valence-electron chi connectivity index (χ3n) is 4.07. The van der Waals surface area contributed by atoms with Crippen LogP contribution in [-0.2, 0) is 6.54 Å². The fourth-order valence-corrected chi connectivity index (χ4v) is 2.95. The number of ether oxygens (including phenoxy) is 1. The maximum Gasteiger partial charge on any atom is 0.120 e. The molecule has 0 saturated heterocycles. The Balaban J connectivity index is 1.92. The molecule has 1 aromatic rings. The molecule has 3 nitrogen and oxygen atoms in total. The van der Waals surface area contributed by atoms with Crippen LogP contribution in [0.4, 0.5) is 0 Å². The van der Waals surface area contributed by atoms with Crippen LogP contribution in [0.3, 0.4) is 0 Å². The first kappa shape index (κ1) is 15.3. The highest BCUT2D eigenvalue weighted by atomic mass is 16.5. The summed E-state index contributed by atoms with van der Waals surface area (Å²) in [6.07, 6.45) is 4.99. The lowest BCUT2D eigenvalue weighted by Gasteiger charge is -2.33. The molecule has 2 N–H and O–H groups in total. The number of nitrogens with zero attached hydrogens (tertiary/aromatic N) is 1. The maximum atomic E-state index is 5.98. The maximum absolute atomic E-state index is 5.98. The molecule has 3 heteroatoms. The molecular formula is C17H28N2O. The van der Waals surface area contributed by atoms with Crippen molar-refractivity contribution in [2.24, 2.45) is 5.73 Å². The minimum absolute atomic E-state index is 0.225. The van der Waals surface area contributed by atoms with E-state index in [2.05, 4.69) is 44.0 Å². The van der Waals surface area contributed by atoms with Crippen molar-refractivity contribution in [3.63, 3.8) is 0 Å². The highest BCUT2D eigenvalue weighted by molar-refractivity contribution is 5.28. The molecule has 1 saturated carbocycles. The van der Waals surface area contributed by atoms with Gasteiger partial charge in [-0.2, -0.15) is 0 Å². The minimum Gasteiger partial charge on any atom is -0.491 e. The first-order valence-electron chi connectivity index (χ1n) is 7.76. The van der Waals surface area contributed by atoms with E-state index in [0.29, 0.717) is 12.1 Å². The fraction of sp³-hybridized carbons (Fsp3) is 0.647. The van der Waals surface area contributed by atoms with Crippen LogP contribution in [0.2, 0.25) is 0 Å². The Morgan fingerprint density at radius 3 is 2.60 bits per heavy atom. The summed E-state index contributed by atoms with van der Waals surface area (Å²) in [7, 11) is 2.22. The Bertz CT molecular complexity index is 411. The molecule has 1 fully saturated rings. The molecule has 0 unspecified atom stereocenters. The summed E-state index contributed by atoms with van der Waals surface area (Å²) in [4.78, 5) is 2.46. The normalized spacial score (nSPS) is 23.3. The van der Waals surface area contributed by atoms with Crippen LogP contribution in [0.15, 0.2) is 24.3 Å². The Labute approximate surface area is 123 Å². The van der Waals surface area contributed by atoms with Gasteiger partial charge in [0.2, 0.25) is 0 Å². The Morgan fingerprint density at radius 2 is 1.95 bits per heavy atom. The summed E-state index contributed by atoms with van der Waals surface area (Å²) in [6, 6.07) is 9.54. The van der Waals surface area contributed by atoms with Crippen LogP contribution >= 0.6 is 0 Å². The van der Waals surface area contributed by atoms with Crippen molar-refractivity contribution in [2.45, 2.75) is 64.3 Å². The van der Waals surface area contributed by atoms with E-state index >= 15 is 0 Å². The predicted octanol–water partition coefficient (Wildman–Crippen LogP) is 3.18. The topological polar surface area (TPSA) is 38.5 Å². The summed E-state index contributed by atoms with van der Waals surface area (Å²) in [6.45, 7) is 5.10. The summed E-state index contributed by atoms with van der Waals surface area (Å²) < 4.78 is 5.76. The van der Waals surface area contributed by atoms with Crippen molar-refractivity contribution in [3.05, 3.63) is 29.8 Å². The Morgan fingerprint density at radius 1 is 1.25 bits per heavy atom. The van der Waals surface area contributed by atoms with Gasteiger partial charge in [-0.15, -0.1) is 0 Å². The summed E-state index contributed by atoms with van der Waals surface area (Å²) in [5.74, 6) is 0.969. The van der Waals surface area contributed by atoms with Gasteiger partial charge in [0.1, 0.15) is 5.75 Å². The van der Waals surface area contributed by atoms with E-state index in [4.69, 9.17) is 10.5 Å². The monoisotopic (exact) mass is 276 g/mol. The van der Waals surface area contributed by atoms with Gasteiger partial charge in [-0.1, -0.05) is 12.1 Å². The van der Waals surface area contributed by atoms with Crippen molar-refractivity contribution in [3.8, 4) is 5.75 Å². The highest BCUT2D eigenvalue weighted by Crippen LogP contribution is 2.23. The molecule has 0 atom stereocenters. The molecule has 1 aliphatic rings. The van der Waals surface area contributed by atoms with Gasteiger partial charge in [0.25, 0.3) is 0 Å². The van der Waals surface area contributed by atoms with E-state index in [1.54, 1.807) is 0 Å². The van der Waals surface area contributed by atoms with Gasteiger partial charge < -0.3 is 10.5 Å². The standard InChI is InChI=1S/C17H28N2O/c1-13(2)20-17-6-4-5-14(11-17)12-19(3)16-9-7-15(18)8-10-16/h4-6,11,13,15-16H,7-10,12,18H2,1-3H3. The van der Waals surface area contributed by atoms with Crippen LogP contribution in [0.5, 0.6) is 5.75 Å². The van der Waals surface area contributed by atoms with E-state index < -0.39 is 0 Å². The van der Waals surface area contributed by atoms with Crippen LogP contribution in [-0.4, -0.2) is 30.1 Å². The van der Waals surface area contributed by atoms with Crippen molar-refractivity contribution in [1.82, 2.24) is 4.90 Å². The zero-order valence-corrected chi connectivity index (χ0v) is 13.0. The molecule has 2 rings (SSSR count). The van der Waals surface area contributed by atoms with Gasteiger partial charge in [0, 0.05) is 18.6 Å². The number of nitrogens with two attached hydrogens (primary N) is 1. The summed E-state index contributed by atoms with van der Waals surface area (Å²) in [5.41, 5.74) is 7.30. The largest absolute Gasteiger partial charge is 0.491 e. The van der Waals surface area contributed by atoms with E-state index in [-0.39, 0.29) is 6.10 Å².